The van der Waals surface area contributed by atoms with Gasteiger partial charge in [-0.25, -0.2) is 4.98 Å². The van der Waals surface area contributed by atoms with Gasteiger partial charge in [-0.1, -0.05) is 12.8 Å². The Morgan fingerprint density at radius 1 is 1.47 bits per heavy atom. The lowest BCUT2D eigenvalue weighted by atomic mass is 10.0. The maximum atomic E-state index is 11.7. The fraction of sp³-hybridized carbons (Fsp3) is 0.636. The lowest BCUT2D eigenvalue weighted by Crippen LogP contribution is -2.24. The van der Waals surface area contributed by atoms with Crippen LogP contribution in [0, 0.1) is 0 Å². The molecule has 1 aliphatic rings. The van der Waals surface area contributed by atoms with Crippen molar-refractivity contribution in [1.82, 2.24) is 9.55 Å². The van der Waals surface area contributed by atoms with Gasteiger partial charge in [0.2, 0.25) is 0 Å². The molecule has 0 bridgehead atoms. The monoisotopic (exact) mass is 207 g/mol. The molecule has 1 heterocycles. The van der Waals surface area contributed by atoms with Gasteiger partial charge in [0, 0.05) is 25.1 Å². The van der Waals surface area contributed by atoms with Crippen LogP contribution in [0.15, 0.2) is 17.2 Å². The van der Waals surface area contributed by atoms with Crippen LogP contribution in [0.2, 0.25) is 0 Å². The highest BCUT2D eigenvalue weighted by molar-refractivity contribution is 5.08. The first kappa shape index (κ1) is 10.4. The van der Waals surface area contributed by atoms with Gasteiger partial charge in [-0.05, 0) is 12.8 Å². The predicted octanol–water partition coefficient (Wildman–Crippen LogP) is 0.860. The molecule has 0 radical (unpaired) electrons. The zero-order valence-corrected chi connectivity index (χ0v) is 8.85. The molecule has 1 aliphatic carbocycles. The Kier molecular flexibility index (Phi) is 3.16. The molecule has 2 N–H and O–H groups in total. The van der Waals surface area contributed by atoms with Crippen molar-refractivity contribution in [2.75, 3.05) is 6.54 Å². The quantitative estimate of drug-likeness (QED) is 0.799. The van der Waals surface area contributed by atoms with E-state index in [1.165, 1.54) is 25.7 Å². The highest BCUT2D eigenvalue weighted by Gasteiger charge is 2.18. The van der Waals surface area contributed by atoms with E-state index >= 15 is 0 Å². The van der Waals surface area contributed by atoms with Crippen molar-refractivity contribution >= 4 is 0 Å². The molecule has 0 aliphatic heterocycles. The van der Waals surface area contributed by atoms with E-state index in [0.29, 0.717) is 19.0 Å². The van der Waals surface area contributed by atoms with Crippen LogP contribution in [0.1, 0.15) is 37.3 Å². The van der Waals surface area contributed by atoms with Crippen LogP contribution in [0.4, 0.5) is 0 Å². The SMILES string of the molecule is NCCn1cnc(C2CCCC2)cc1=O. The van der Waals surface area contributed by atoms with Crippen molar-refractivity contribution in [3.63, 3.8) is 0 Å². The first-order valence-electron chi connectivity index (χ1n) is 5.57. The summed E-state index contributed by atoms with van der Waals surface area (Å²) in [5.74, 6) is 0.505. The molecule has 4 heteroatoms. The second-order valence-corrected chi connectivity index (χ2v) is 4.12. The molecule has 2 rings (SSSR count). The standard InChI is InChI=1S/C11H17N3O/c12-5-6-14-8-13-10(7-11(14)15)9-3-1-2-4-9/h7-9H,1-6,12H2. The van der Waals surface area contributed by atoms with Gasteiger partial charge in [0.05, 0.1) is 12.0 Å². The Bertz CT molecular complexity index is 380. The average molecular weight is 207 g/mol. The molecule has 0 atom stereocenters. The molecule has 0 spiro atoms. The minimum atomic E-state index is 0.0253. The summed E-state index contributed by atoms with van der Waals surface area (Å²) in [5.41, 5.74) is 6.39. The Labute approximate surface area is 89.1 Å². The summed E-state index contributed by atoms with van der Waals surface area (Å²) in [6, 6.07) is 1.67. The molecular formula is C11H17N3O. The number of hydrogen-bond acceptors (Lipinski definition) is 3. The van der Waals surface area contributed by atoms with Gasteiger partial charge in [0.25, 0.3) is 5.56 Å². The van der Waals surface area contributed by atoms with Crippen molar-refractivity contribution in [1.29, 1.82) is 0 Å². The van der Waals surface area contributed by atoms with Crippen LogP contribution in [-0.4, -0.2) is 16.1 Å². The normalized spacial score (nSPS) is 17.1. The number of aromatic nitrogens is 2. The zero-order valence-electron chi connectivity index (χ0n) is 8.85. The Morgan fingerprint density at radius 2 is 2.20 bits per heavy atom. The lowest BCUT2D eigenvalue weighted by molar-refractivity contribution is 0.633. The molecular weight excluding hydrogens is 190 g/mol. The largest absolute Gasteiger partial charge is 0.329 e. The topological polar surface area (TPSA) is 60.9 Å². The van der Waals surface area contributed by atoms with Gasteiger partial charge in [-0.15, -0.1) is 0 Å². The molecule has 0 aromatic carbocycles. The molecule has 1 aromatic heterocycles. The molecule has 0 amide bonds. The molecule has 1 saturated carbocycles. The summed E-state index contributed by atoms with van der Waals surface area (Å²) in [4.78, 5) is 16.0. The smallest absolute Gasteiger partial charge is 0.253 e. The highest BCUT2D eigenvalue weighted by Crippen LogP contribution is 2.31. The van der Waals surface area contributed by atoms with Crippen molar-refractivity contribution < 1.29 is 0 Å². The van der Waals surface area contributed by atoms with Gasteiger partial charge >= 0.3 is 0 Å². The number of hydrogen-bond donors (Lipinski definition) is 1. The third kappa shape index (κ3) is 2.26. The fourth-order valence-electron chi connectivity index (χ4n) is 2.19. The second kappa shape index (κ2) is 4.57. The van der Waals surface area contributed by atoms with E-state index in [2.05, 4.69) is 4.98 Å². The van der Waals surface area contributed by atoms with Crippen molar-refractivity contribution in [3.05, 3.63) is 28.4 Å². The Hall–Kier alpha value is -1.16. The summed E-state index contributed by atoms with van der Waals surface area (Å²) >= 11 is 0. The van der Waals surface area contributed by atoms with Gasteiger partial charge in [-0.2, -0.15) is 0 Å². The summed E-state index contributed by atoms with van der Waals surface area (Å²) in [7, 11) is 0. The summed E-state index contributed by atoms with van der Waals surface area (Å²) in [5, 5.41) is 0. The summed E-state index contributed by atoms with van der Waals surface area (Å²) < 4.78 is 1.57. The van der Waals surface area contributed by atoms with Crippen molar-refractivity contribution in [3.8, 4) is 0 Å². The van der Waals surface area contributed by atoms with Crippen LogP contribution in [0.3, 0.4) is 0 Å². The molecule has 0 saturated heterocycles. The second-order valence-electron chi connectivity index (χ2n) is 4.12. The van der Waals surface area contributed by atoms with Crippen molar-refractivity contribution in [2.24, 2.45) is 5.73 Å². The van der Waals surface area contributed by atoms with Gasteiger partial charge in [-0.3, -0.25) is 9.36 Å². The van der Waals surface area contributed by atoms with E-state index < -0.39 is 0 Å². The van der Waals surface area contributed by atoms with E-state index in [0.717, 1.165) is 5.69 Å². The molecule has 4 nitrogen and oxygen atoms in total. The molecule has 1 aromatic rings. The minimum Gasteiger partial charge on any atom is -0.329 e. The van der Waals surface area contributed by atoms with E-state index in [1.54, 1.807) is 17.0 Å². The third-order valence-electron chi connectivity index (χ3n) is 3.04. The maximum absolute atomic E-state index is 11.7. The lowest BCUT2D eigenvalue weighted by Gasteiger charge is -2.09. The van der Waals surface area contributed by atoms with E-state index in [4.69, 9.17) is 5.73 Å². The molecule has 82 valence electrons. The fourth-order valence-corrected chi connectivity index (χ4v) is 2.19. The van der Waals surface area contributed by atoms with Crippen LogP contribution in [0.25, 0.3) is 0 Å². The maximum Gasteiger partial charge on any atom is 0.253 e. The minimum absolute atomic E-state index is 0.0253. The summed E-state index contributed by atoms with van der Waals surface area (Å²) in [6.45, 7) is 1.03. The van der Waals surface area contributed by atoms with Crippen molar-refractivity contribution in [2.45, 2.75) is 38.1 Å². The molecule has 0 unspecified atom stereocenters. The third-order valence-corrected chi connectivity index (χ3v) is 3.04. The number of nitrogens with two attached hydrogens (primary N) is 1. The van der Waals surface area contributed by atoms with Crippen LogP contribution in [-0.2, 0) is 6.54 Å². The van der Waals surface area contributed by atoms with Gasteiger partial charge < -0.3 is 5.73 Å². The molecule has 1 fully saturated rings. The highest BCUT2D eigenvalue weighted by atomic mass is 16.1. The number of rotatable bonds is 3. The first-order chi connectivity index (χ1) is 7.31. The zero-order chi connectivity index (χ0) is 10.7. The summed E-state index contributed by atoms with van der Waals surface area (Å²) in [6.07, 6.45) is 6.50. The predicted molar refractivity (Wildman–Crippen MR) is 58.8 cm³/mol. The van der Waals surface area contributed by atoms with E-state index in [9.17, 15) is 4.79 Å². The molecule has 15 heavy (non-hydrogen) atoms. The Morgan fingerprint density at radius 3 is 2.80 bits per heavy atom. The van der Waals surface area contributed by atoms with Crippen LogP contribution < -0.4 is 11.3 Å². The van der Waals surface area contributed by atoms with Gasteiger partial charge in [0.1, 0.15) is 0 Å². The van der Waals surface area contributed by atoms with E-state index in [-0.39, 0.29) is 5.56 Å². The van der Waals surface area contributed by atoms with Crippen LogP contribution >= 0.6 is 0 Å². The number of nitrogens with zero attached hydrogens (tertiary/aromatic N) is 2. The first-order valence-corrected chi connectivity index (χ1v) is 5.57. The van der Waals surface area contributed by atoms with Gasteiger partial charge in [0.15, 0.2) is 0 Å². The van der Waals surface area contributed by atoms with E-state index in [1.807, 2.05) is 0 Å². The van der Waals surface area contributed by atoms with Crippen LogP contribution in [0.5, 0.6) is 0 Å². The Balaban J connectivity index is 2.20. The average Bonchev–Trinajstić information content (AvgIpc) is 2.74.